The number of sulfonamides is 1. The molecule has 2 rings (SSSR count). The highest BCUT2D eigenvalue weighted by atomic mass is 32.2. The number of hydrogen-bond donors (Lipinski definition) is 0. The van der Waals surface area contributed by atoms with Gasteiger partial charge < -0.3 is 14.4 Å². The van der Waals surface area contributed by atoms with Crippen molar-refractivity contribution in [2.75, 3.05) is 46.2 Å². The molecule has 1 heterocycles. The number of carbonyl (C=O) groups is 1. The second kappa shape index (κ2) is 7.18. The van der Waals surface area contributed by atoms with Gasteiger partial charge in [-0.2, -0.15) is 4.31 Å². The number of benzene rings is 1. The highest BCUT2D eigenvalue weighted by Gasteiger charge is 2.29. The maximum Gasteiger partial charge on any atom is 0.257 e. The van der Waals surface area contributed by atoms with Crippen LogP contribution in [0.25, 0.3) is 0 Å². The molecule has 0 atom stereocenters. The molecule has 0 saturated carbocycles. The molecule has 7 nitrogen and oxygen atoms in total. The topological polar surface area (TPSA) is 76.2 Å². The SMILES string of the molecule is CCS(=O)(=O)N1CCN(C(=O)c2ccc(OC)cc2OC)CC1. The fourth-order valence-corrected chi connectivity index (χ4v) is 3.58. The number of amides is 1. The summed E-state index contributed by atoms with van der Waals surface area (Å²) in [5, 5.41) is 0. The summed E-state index contributed by atoms with van der Waals surface area (Å²) in [4.78, 5) is 14.3. The largest absolute Gasteiger partial charge is 0.497 e. The van der Waals surface area contributed by atoms with E-state index < -0.39 is 10.0 Å². The van der Waals surface area contributed by atoms with Crippen LogP contribution in [-0.4, -0.2) is 69.7 Å². The van der Waals surface area contributed by atoms with Gasteiger partial charge in [-0.1, -0.05) is 0 Å². The number of methoxy groups -OCH3 is 2. The molecule has 0 N–H and O–H groups in total. The van der Waals surface area contributed by atoms with Gasteiger partial charge in [-0.15, -0.1) is 0 Å². The zero-order valence-electron chi connectivity index (χ0n) is 13.6. The zero-order chi connectivity index (χ0) is 17.0. The lowest BCUT2D eigenvalue weighted by Crippen LogP contribution is -2.50. The minimum Gasteiger partial charge on any atom is -0.497 e. The number of piperazine rings is 1. The fraction of sp³-hybridized carbons (Fsp3) is 0.533. The zero-order valence-corrected chi connectivity index (χ0v) is 14.4. The van der Waals surface area contributed by atoms with E-state index in [1.54, 1.807) is 37.1 Å². The normalized spacial score (nSPS) is 16.2. The lowest BCUT2D eigenvalue weighted by atomic mass is 10.1. The number of nitrogens with zero attached hydrogens (tertiary/aromatic N) is 2. The lowest BCUT2D eigenvalue weighted by molar-refractivity contribution is 0.0694. The summed E-state index contributed by atoms with van der Waals surface area (Å²) in [5.41, 5.74) is 0.445. The van der Waals surface area contributed by atoms with Gasteiger partial charge in [0, 0.05) is 32.2 Å². The summed E-state index contributed by atoms with van der Waals surface area (Å²) in [5.74, 6) is 0.959. The van der Waals surface area contributed by atoms with Crippen LogP contribution in [-0.2, 0) is 10.0 Å². The van der Waals surface area contributed by atoms with Crippen molar-refractivity contribution in [3.05, 3.63) is 23.8 Å². The van der Waals surface area contributed by atoms with Gasteiger partial charge >= 0.3 is 0 Å². The van der Waals surface area contributed by atoms with Gasteiger partial charge in [0.15, 0.2) is 0 Å². The first-order valence-corrected chi connectivity index (χ1v) is 9.03. The predicted octanol–water partition coefficient (Wildman–Crippen LogP) is 0.811. The summed E-state index contributed by atoms with van der Waals surface area (Å²) in [6.45, 7) is 3.00. The van der Waals surface area contributed by atoms with Gasteiger partial charge in [-0.05, 0) is 19.1 Å². The molecule has 0 spiro atoms. The Labute approximate surface area is 136 Å². The average Bonchev–Trinajstić information content (AvgIpc) is 2.60. The molecule has 0 bridgehead atoms. The third kappa shape index (κ3) is 3.76. The van der Waals surface area contributed by atoms with E-state index in [9.17, 15) is 13.2 Å². The van der Waals surface area contributed by atoms with Crippen molar-refractivity contribution in [1.29, 1.82) is 0 Å². The molecule has 0 unspecified atom stereocenters. The summed E-state index contributed by atoms with van der Waals surface area (Å²) >= 11 is 0. The van der Waals surface area contributed by atoms with Crippen molar-refractivity contribution in [3.63, 3.8) is 0 Å². The average molecular weight is 342 g/mol. The number of ether oxygens (including phenoxy) is 2. The summed E-state index contributed by atoms with van der Waals surface area (Å²) in [7, 11) is -0.160. The van der Waals surface area contributed by atoms with E-state index in [-0.39, 0.29) is 11.7 Å². The Bertz CT molecular complexity index is 666. The predicted molar refractivity (Wildman–Crippen MR) is 86.5 cm³/mol. The Morgan fingerprint density at radius 2 is 1.78 bits per heavy atom. The van der Waals surface area contributed by atoms with E-state index in [2.05, 4.69) is 0 Å². The third-order valence-corrected chi connectivity index (χ3v) is 5.80. The van der Waals surface area contributed by atoms with Crippen molar-refractivity contribution in [2.24, 2.45) is 0 Å². The van der Waals surface area contributed by atoms with E-state index in [0.29, 0.717) is 43.2 Å². The first kappa shape index (κ1) is 17.6. The van der Waals surface area contributed by atoms with Crippen LogP contribution in [0, 0.1) is 0 Å². The number of hydrogen-bond acceptors (Lipinski definition) is 5. The van der Waals surface area contributed by atoms with Gasteiger partial charge in [-0.25, -0.2) is 8.42 Å². The Kier molecular flexibility index (Phi) is 5.48. The Morgan fingerprint density at radius 3 is 2.30 bits per heavy atom. The Hall–Kier alpha value is -1.80. The smallest absolute Gasteiger partial charge is 0.257 e. The van der Waals surface area contributed by atoms with Crippen LogP contribution in [0.5, 0.6) is 11.5 Å². The molecule has 23 heavy (non-hydrogen) atoms. The first-order valence-electron chi connectivity index (χ1n) is 7.42. The van der Waals surface area contributed by atoms with Gasteiger partial charge in [0.1, 0.15) is 11.5 Å². The number of carbonyl (C=O) groups excluding carboxylic acids is 1. The molecule has 0 aromatic heterocycles. The molecule has 0 radical (unpaired) electrons. The second-order valence-corrected chi connectivity index (χ2v) is 7.42. The van der Waals surface area contributed by atoms with E-state index in [4.69, 9.17) is 9.47 Å². The standard InChI is InChI=1S/C15H22N2O5S/c1-4-23(19,20)17-9-7-16(8-10-17)15(18)13-6-5-12(21-2)11-14(13)22-3/h5-6,11H,4,7-10H2,1-3H3. The molecule has 1 aliphatic rings. The van der Waals surface area contributed by atoms with Crippen molar-refractivity contribution in [1.82, 2.24) is 9.21 Å². The summed E-state index contributed by atoms with van der Waals surface area (Å²) in [6, 6.07) is 5.02. The van der Waals surface area contributed by atoms with E-state index in [0.717, 1.165) is 0 Å². The molecular weight excluding hydrogens is 320 g/mol. The molecule has 1 saturated heterocycles. The Balaban J connectivity index is 2.11. The monoisotopic (exact) mass is 342 g/mol. The van der Waals surface area contributed by atoms with E-state index >= 15 is 0 Å². The van der Waals surface area contributed by atoms with Crippen molar-refractivity contribution < 1.29 is 22.7 Å². The van der Waals surface area contributed by atoms with E-state index in [1.165, 1.54) is 11.4 Å². The van der Waals surface area contributed by atoms with Crippen molar-refractivity contribution in [3.8, 4) is 11.5 Å². The maximum absolute atomic E-state index is 12.6. The van der Waals surface area contributed by atoms with Crippen LogP contribution in [0.4, 0.5) is 0 Å². The molecular formula is C15H22N2O5S. The molecule has 1 aromatic rings. The van der Waals surface area contributed by atoms with Gasteiger partial charge in [0.25, 0.3) is 5.91 Å². The van der Waals surface area contributed by atoms with Crippen molar-refractivity contribution >= 4 is 15.9 Å². The van der Waals surface area contributed by atoms with Crippen LogP contribution in [0.3, 0.4) is 0 Å². The molecule has 1 aliphatic heterocycles. The molecule has 0 aliphatic carbocycles. The second-order valence-electron chi connectivity index (χ2n) is 5.16. The summed E-state index contributed by atoms with van der Waals surface area (Å²) in [6.07, 6.45) is 0. The Morgan fingerprint density at radius 1 is 1.13 bits per heavy atom. The third-order valence-electron chi connectivity index (χ3n) is 3.92. The minimum atomic E-state index is -3.20. The van der Waals surface area contributed by atoms with Gasteiger partial charge in [0.2, 0.25) is 10.0 Å². The summed E-state index contributed by atoms with van der Waals surface area (Å²) < 4.78 is 35.5. The molecule has 128 valence electrons. The van der Waals surface area contributed by atoms with Crippen LogP contribution in [0.2, 0.25) is 0 Å². The van der Waals surface area contributed by atoms with Crippen LogP contribution in [0.15, 0.2) is 18.2 Å². The maximum atomic E-state index is 12.6. The molecule has 1 aromatic carbocycles. The van der Waals surface area contributed by atoms with Crippen LogP contribution >= 0.6 is 0 Å². The van der Waals surface area contributed by atoms with Gasteiger partial charge in [-0.3, -0.25) is 4.79 Å². The van der Waals surface area contributed by atoms with Crippen LogP contribution in [0.1, 0.15) is 17.3 Å². The molecule has 1 amide bonds. The first-order chi connectivity index (χ1) is 10.9. The van der Waals surface area contributed by atoms with Crippen molar-refractivity contribution in [2.45, 2.75) is 6.92 Å². The quantitative estimate of drug-likeness (QED) is 0.791. The lowest BCUT2D eigenvalue weighted by Gasteiger charge is -2.34. The van der Waals surface area contributed by atoms with Gasteiger partial charge in [0.05, 0.1) is 25.5 Å². The minimum absolute atomic E-state index is 0.0766. The highest BCUT2D eigenvalue weighted by molar-refractivity contribution is 7.89. The number of rotatable bonds is 5. The highest BCUT2D eigenvalue weighted by Crippen LogP contribution is 2.26. The molecule has 1 fully saturated rings. The fourth-order valence-electron chi connectivity index (χ4n) is 2.50. The van der Waals surface area contributed by atoms with Crippen LogP contribution < -0.4 is 9.47 Å². The van der Waals surface area contributed by atoms with E-state index in [1.807, 2.05) is 0 Å². The molecule has 8 heteroatoms.